The first-order valence-electron chi connectivity index (χ1n) is 7.60. The molecule has 0 fully saturated rings. The van der Waals surface area contributed by atoms with Crippen molar-refractivity contribution in [3.05, 3.63) is 71.1 Å². The second kappa shape index (κ2) is 8.45. The van der Waals surface area contributed by atoms with E-state index in [0.717, 1.165) is 34.8 Å². The second-order valence-corrected chi connectivity index (χ2v) is 7.30. The Bertz CT molecular complexity index is 1200. The minimum atomic E-state index is -0.905. The number of carbonyl (C=O) groups is 1. The molecule has 30 heavy (non-hydrogen) atoms. The highest BCUT2D eigenvalue weighted by Gasteiger charge is 2.24. The largest absolute Gasteiger partial charge is 0.324 e. The zero-order valence-corrected chi connectivity index (χ0v) is 16.0. The molecule has 0 spiro atoms. The van der Waals surface area contributed by atoms with Crippen molar-refractivity contribution in [3.8, 4) is 0 Å². The monoisotopic (exact) mass is 449 g/mol. The van der Waals surface area contributed by atoms with E-state index in [1.807, 2.05) is 0 Å². The van der Waals surface area contributed by atoms with Crippen LogP contribution in [0.3, 0.4) is 0 Å². The molecule has 0 aliphatic carbocycles. The van der Waals surface area contributed by atoms with E-state index in [9.17, 15) is 35.1 Å². The summed E-state index contributed by atoms with van der Waals surface area (Å²) in [5.41, 5.74) is -1.65. The van der Waals surface area contributed by atoms with Crippen molar-refractivity contribution in [1.29, 1.82) is 0 Å². The van der Waals surface area contributed by atoms with Gasteiger partial charge in [0, 0.05) is 18.3 Å². The van der Waals surface area contributed by atoms with Crippen LogP contribution < -0.4 is 5.32 Å². The Balaban J connectivity index is 1.74. The minimum Gasteiger partial charge on any atom is -0.296 e. The number of nitrogens with zero attached hydrogens (tertiary/aromatic N) is 6. The Labute approximate surface area is 173 Å². The fourth-order valence-corrected chi connectivity index (χ4v) is 3.37. The lowest BCUT2D eigenvalue weighted by Gasteiger charge is -2.02. The fourth-order valence-electron chi connectivity index (χ4n) is 2.09. The van der Waals surface area contributed by atoms with Crippen molar-refractivity contribution in [1.82, 2.24) is 10.2 Å². The van der Waals surface area contributed by atoms with Gasteiger partial charge < -0.3 is 0 Å². The fraction of sp³-hybridized carbons (Fsp3) is 0. The number of hydrogen-bond acceptors (Lipinski definition) is 12. The van der Waals surface area contributed by atoms with E-state index in [0.29, 0.717) is 10.9 Å². The molecule has 0 radical (unpaired) electrons. The van der Waals surface area contributed by atoms with Crippen molar-refractivity contribution in [2.24, 2.45) is 4.99 Å². The van der Waals surface area contributed by atoms with Crippen molar-refractivity contribution in [2.45, 2.75) is 0 Å². The lowest BCUT2D eigenvalue weighted by atomic mass is 10.1. The number of aromatic nitrogens is 2. The number of carbonyl (C=O) groups excluding carboxylic acids is 1. The molecule has 3 aromatic rings. The molecule has 0 aliphatic rings. The summed E-state index contributed by atoms with van der Waals surface area (Å²) < 4.78 is 0. The van der Waals surface area contributed by atoms with Crippen molar-refractivity contribution >= 4 is 61.4 Å². The smallest absolute Gasteiger partial charge is 0.296 e. The lowest BCUT2D eigenvalue weighted by Crippen LogP contribution is -2.14. The van der Waals surface area contributed by atoms with Crippen molar-refractivity contribution in [2.75, 3.05) is 5.32 Å². The van der Waals surface area contributed by atoms with Gasteiger partial charge in [0.1, 0.15) is 5.56 Å². The molecular weight excluding hydrogens is 442 g/mol. The Hall–Kier alpha value is -4.18. The molecule has 0 saturated carbocycles. The van der Waals surface area contributed by atoms with Crippen LogP contribution in [0, 0.1) is 30.3 Å². The number of thiophene rings is 1. The van der Waals surface area contributed by atoms with E-state index in [1.54, 1.807) is 0 Å². The number of nitrogens with one attached hydrogen (secondary N) is 1. The molecule has 1 amide bonds. The molecule has 1 aromatic carbocycles. The number of benzene rings is 1. The maximum Gasteiger partial charge on any atom is 0.324 e. The van der Waals surface area contributed by atoms with Gasteiger partial charge in [0.05, 0.1) is 25.7 Å². The summed E-state index contributed by atoms with van der Waals surface area (Å²) in [4.78, 5) is 47.2. The summed E-state index contributed by atoms with van der Waals surface area (Å²) in [6.45, 7) is 0. The first-order valence-corrected chi connectivity index (χ1v) is 9.24. The summed E-state index contributed by atoms with van der Waals surface area (Å²) in [6, 6.07) is 5.46. The number of amides is 1. The van der Waals surface area contributed by atoms with E-state index < -0.39 is 37.6 Å². The Morgan fingerprint density at radius 2 is 1.77 bits per heavy atom. The second-order valence-electron chi connectivity index (χ2n) is 5.25. The van der Waals surface area contributed by atoms with Crippen LogP contribution in [0.25, 0.3) is 0 Å². The lowest BCUT2D eigenvalue weighted by molar-refractivity contribution is -0.394. The van der Waals surface area contributed by atoms with Crippen LogP contribution in [-0.4, -0.2) is 37.1 Å². The molecule has 3 rings (SSSR count). The number of hydrogen-bond donors (Lipinski definition) is 1. The zero-order chi connectivity index (χ0) is 21.8. The molecule has 16 heteroatoms. The molecule has 152 valence electrons. The molecule has 1 N–H and O–H groups in total. The van der Waals surface area contributed by atoms with Gasteiger partial charge in [-0.3, -0.25) is 40.5 Å². The third-order valence-electron chi connectivity index (χ3n) is 3.36. The molecule has 2 heterocycles. The number of nitro benzene ring substituents is 2. The normalized spacial score (nSPS) is 10.8. The van der Waals surface area contributed by atoms with Crippen LogP contribution in [-0.2, 0) is 0 Å². The predicted molar refractivity (Wildman–Crippen MR) is 106 cm³/mol. The SMILES string of the molecule is O=C(Nc1nnc(N=Cc2ccc([N+](=O)[O-])s2)s1)c1ccc([N+](=O)[O-])cc1[N+](=O)[O-]. The van der Waals surface area contributed by atoms with Gasteiger partial charge in [-0.05, 0) is 12.1 Å². The Morgan fingerprint density at radius 1 is 1.00 bits per heavy atom. The topological polar surface area (TPSA) is 197 Å². The van der Waals surface area contributed by atoms with Gasteiger partial charge in [0.25, 0.3) is 17.3 Å². The van der Waals surface area contributed by atoms with E-state index in [4.69, 9.17) is 0 Å². The molecule has 0 aliphatic heterocycles. The maximum atomic E-state index is 12.3. The predicted octanol–water partition coefficient (Wildman–Crippen LogP) is 3.33. The van der Waals surface area contributed by atoms with Gasteiger partial charge in [-0.2, -0.15) is 0 Å². The number of nitro groups is 3. The minimum absolute atomic E-state index is 0.0167. The van der Waals surface area contributed by atoms with Crippen LogP contribution in [0.15, 0.2) is 35.3 Å². The standard InChI is InChI=1S/C14H7N7O7S2/c22-12(9-3-1-7(19(23)24)5-10(9)20(25)26)16-14-18-17-13(30-14)15-6-8-2-4-11(29-8)21(27)28/h1-6H,(H,16,18,22). The van der Waals surface area contributed by atoms with Crippen LogP contribution in [0.5, 0.6) is 0 Å². The number of aliphatic imine (C=N–C) groups is 1. The highest BCUT2D eigenvalue weighted by Crippen LogP contribution is 2.28. The van der Waals surface area contributed by atoms with Gasteiger partial charge in [-0.25, -0.2) is 4.99 Å². The molecule has 0 atom stereocenters. The van der Waals surface area contributed by atoms with Crippen LogP contribution in [0.4, 0.5) is 26.6 Å². The van der Waals surface area contributed by atoms with E-state index in [-0.39, 0.29) is 15.3 Å². The van der Waals surface area contributed by atoms with Crippen LogP contribution >= 0.6 is 22.7 Å². The van der Waals surface area contributed by atoms with Crippen molar-refractivity contribution < 1.29 is 19.6 Å². The van der Waals surface area contributed by atoms with Crippen LogP contribution in [0.1, 0.15) is 15.2 Å². The quantitative estimate of drug-likeness (QED) is 0.319. The number of anilines is 1. The zero-order valence-electron chi connectivity index (χ0n) is 14.3. The third-order valence-corrected chi connectivity index (χ3v) is 5.08. The van der Waals surface area contributed by atoms with E-state index in [2.05, 4.69) is 20.5 Å². The molecule has 0 bridgehead atoms. The van der Waals surface area contributed by atoms with Gasteiger partial charge in [-0.1, -0.05) is 22.7 Å². The first-order chi connectivity index (χ1) is 14.2. The average Bonchev–Trinajstić information content (AvgIpc) is 3.35. The summed E-state index contributed by atoms with van der Waals surface area (Å²) in [5, 5.41) is 42.3. The van der Waals surface area contributed by atoms with Gasteiger partial charge in [-0.15, -0.1) is 10.2 Å². The first kappa shape index (κ1) is 20.6. The molecule has 2 aromatic heterocycles. The summed E-state index contributed by atoms with van der Waals surface area (Å²) in [5.74, 6) is -0.905. The van der Waals surface area contributed by atoms with Crippen molar-refractivity contribution in [3.63, 3.8) is 0 Å². The van der Waals surface area contributed by atoms with Gasteiger partial charge in [0.15, 0.2) is 0 Å². The average molecular weight is 449 g/mol. The summed E-state index contributed by atoms with van der Waals surface area (Å²) >= 11 is 1.76. The Morgan fingerprint density at radius 3 is 2.40 bits per heavy atom. The highest BCUT2D eigenvalue weighted by atomic mass is 32.1. The highest BCUT2D eigenvalue weighted by molar-refractivity contribution is 7.19. The molecule has 14 nitrogen and oxygen atoms in total. The number of non-ortho nitro benzene ring substituents is 1. The van der Waals surface area contributed by atoms with Gasteiger partial charge in [0.2, 0.25) is 10.3 Å². The molecule has 0 unspecified atom stereocenters. The summed E-state index contributed by atoms with van der Waals surface area (Å²) in [7, 11) is 0. The third kappa shape index (κ3) is 4.62. The van der Waals surface area contributed by atoms with E-state index in [1.165, 1.54) is 18.3 Å². The maximum absolute atomic E-state index is 12.3. The summed E-state index contributed by atoms with van der Waals surface area (Å²) in [6.07, 6.45) is 1.34. The number of rotatable bonds is 7. The van der Waals surface area contributed by atoms with Gasteiger partial charge >= 0.3 is 5.00 Å². The van der Waals surface area contributed by atoms with Crippen LogP contribution in [0.2, 0.25) is 0 Å². The molecular formula is C14H7N7O7S2. The Kier molecular flexibility index (Phi) is 5.79. The molecule has 0 saturated heterocycles. The van der Waals surface area contributed by atoms with E-state index >= 15 is 0 Å².